The van der Waals surface area contributed by atoms with Gasteiger partial charge in [-0.25, -0.2) is 4.39 Å². The zero-order valence-electron chi connectivity index (χ0n) is 16.5. The molecule has 0 N–H and O–H groups in total. The summed E-state index contributed by atoms with van der Waals surface area (Å²) in [4.78, 5) is 13.0. The fraction of sp³-hybridized carbons (Fsp3) is 0.192. The van der Waals surface area contributed by atoms with Crippen molar-refractivity contribution in [3.63, 3.8) is 0 Å². The van der Waals surface area contributed by atoms with Crippen molar-refractivity contribution in [2.24, 2.45) is 5.92 Å². The van der Waals surface area contributed by atoms with Gasteiger partial charge in [0.15, 0.2) is 5.78 Å². The van der Waals surface area contributed by atoms with Crippen LogP contribution in [0.1, 0.15) is 33.5 Å². The monoisotopic (exact) mass is 422 g/mol. The first-order valence-corrected chi connectivity index (χ1v) is 10.2. The molecular weight excluding hydrogens is 404 g/mol. The van der Waals surface area contributed by atoms with Crippen LogP contribution in [-0.4, -0.2) is 5.78 Å². The maximum atomic E-state index is 14.4. The van der Waals surface area contributed by atoms with E-state index in [1.54, 1.807) is 0 Å². The molecular formula is C26H18F4O. The first-order chi connectivity index (χ1) is 14.8. The number of carbonyl (C=O) groups is 1. The molecule has 2 aliphatic rings. The summed E-state index contributed by atoms with van der Waals surface area (Å²) in [6.07, 6.45) is 1.32. The minimum atomic E-state index is -4.65. The van der Waals surface area contributed by atoms with Crippen LogP contribution in [0.3, 0.4) is 0 Å². The van der Waals surface area contributed by atoms with Crippen molar-refractivity contribution in [2.75, 3.05) is 0 Å². The molecule has 0 heterocycles. The van der Waals surface area contributed by atoms with Crippen LogP contribution in [0.15, 0.2) is 54.6 Å². The third kappa shape index (κ3) is 3.38. The Hall–Kier alpha value is -3.21. The van der Waals surface area contributed by atoms with Crippen molar-refractivity contribution < 1.29 is 22.4 Å². The van der Waals surface area contributed by atoms with Gasteiger partial charge in [-0.3, -0.25) is 4.79 Å². The van der Waals surface area contributed by atoms with Crippen molar-refractivity contribution >= 4 is 17.9 Å². The zero-order chi connectivity index (χ0) is 21.8. The second-order valence-electron chi connectivity index (χ2n) is 8.03. The third-order valence-electron chi connectivity index (χ3n) is 6.20. The lowest BCUT2D eigenvalue weighted by Gasteiger charge is -2.21. The van der Waals surface area contributed by atoms with Gasteiger partial charge in [-0.15, -0.1) is 0 Å². The molecule has 5 heteroatoms. The number of carbonyl (C=O) groups excluding carboxylic acids is 1. The molecule has 0 radical (unpaired) electrons. The predicted molar refractivity (Wildman–Crippen MR) is 111 cm³/mol. The summed E-state index contributed by atoms with van der Waals surface area (Å²) in [5, 5.41) is 2.05. The number of aryl methyl sites for hydroxylation is 1. The van der Waals surface area contributed by atoms with Crippen molar-refractivity contribution in [1.29, 1.82) is 0 Å². The van der Waals surface area contributed by atoms with Gasteiger partial charge in [-0.05, 0) is 70.2 Å². The SMILES string of the molecule is O=C(c1ccc(C(F)(F)F)cc1F)C1C=c2c(ccc3c2=CCc2ccccc2-3)CC1. The smallest absolute Gasteiger partial charge is 0.293 e. The number of benzene rings is 3. The summed E-state index contributed by atoms with van der Waals surface area (Å²) >= 11 is 0. The molecule has 0 amide bonds. The summed E-state index contributed by atoms with van der Waals surface area (Å²) in [6.45, 7) is 0. The molecule has 5 rings (SSSR count). The topological polar surface area (TPSA) is 17.1 Å². The van der Waals surface area contributed by atoms with E-state index in [1.807, 2.05) is 18.2 Å². The Labute approximate surface area is 176 Å². The predicted octanol–water partition coefficient (Wildman–Crippen LogP) is 5.07. The Bertz CT molecular complexity index is 1330. The highest BCUT2D eigenvalue weighted by atomic mass is 19.4. The van der Waals surface area contributed by atoms with Crippen LogP contribution in [0.2, 0.25) is 0 Å². The third-order valence-corrected chi connectivity index (χ3v) is 6.20. The lowest BCUT2D eigenvalue weighted by Crippen LogP contribution is -2.37. The van der Waals surface area contributed by atoms with Crippen LogP contribution < -0.4 is 10.4 Å². The fourth-order valence-electron chi connectivity index (χ4n) is 4.62. The first kappa shape index (κ1) is 19.7. The molecule has 0 aliphatic heterocycles. The van der Waals surface area contributed by atoms with Crippen LogP contribution in [-0.2, 0) is 19.0 Å². The highest BCUT2D eigenvalue weighted by Gasteiger charge is 2.32. The number of hydrogen-bond donors (Lipinski definition) is 0. The number of ketones is 1. The Morgan fingerprint density at radius 3 is 2.48 bits per heavy atom. The lowest BCUT2D eigenvalue weighted by molar-refractivity contribution is -0.137. The van der Waals surface area contributed by atoms with Gasteiger partial charge in [0.05, 0.1) is 11.1 Å². The van der Waals surface area contributed by atoms with Crippen molar-refractivity contribution in [3.8, 4) is 11.1 Å². The van der Waals surface area contributed by atoms with Crippen LogP contribution in [0.25, 0.3) is 23.3 Å². The van der Waals surface area contributed by atoms with Gasteiger partial charge >= 0.3 is 6.18 Å². The van der Waals surface area contributed by atoms with E-state index in [9.17, 15) is 22.4 Å². The van der Waals surface area contributed by atoms with E-state index in [-0.39, 0.29) is 5.56 Å². The fourth-order valence-corrected chi connectivity index (χ4v) is 4.62. The zero-order valence-corrected chi connectivity index (χ0v) is 16.5. The summed E-state index contributed by atoms with van der Waals surface area (Å²) in [7, 11) is 0. The molecule has 0 saturated heterocycles. The molecule has 0 spiro atoms. The van der Waals surface area contributed by atoms with Gasteiger partial charge in [0, 0.05) is 5.92 Å². The van der Waals surface area contributed by atoms with Crippen molar-refractivity contribution in [1.82, 2.24) is 0 Å². The minimum absolute atomic E-state index is 0.295. The molecule has 0 bridgehead atoms. The molecule has 0 aromatic heterocycles. The van der Waals surface area contributed by atoms with Gasteiger partial charge in [-0.2, -0.15) is 13.2 Å². The highest BCUT2D eigenvalue weighted by Crippen LogP contribution is 2.31. The molecule has 31 heavy (non-hydrogen) atoms. The van der Waals surface area contributed by atoms with Crippen LogP contribution in [0.5, 0.6) is 0 Å². The Kier molecular flexibility index (Phi) is 4.58. The molecule has 1 unspecified atom stereocenters. The van der Waals surface area contributed by atoms with Crippen LogP contribution in [0, 0.1) is 11.7 Å². The minimum Gasteiger partial charge on any atom is -0.293 e. The van der Waals surface area contributed by atoms with Crippen molar-refractivity contribution in [2.45, 2.75) is 25.4 Å². The van der Waals surface area contributed by atoms with E-state index in [1.165, 1.54) is 11.1 Å². The largest absolute Gasteiger partial charge is 0.416 e. The lowest BCUT2D eigenvalue weighted by atomic mass is 9.82. The van der Waals surface area contributed by atoms with Crippen LogP contribution in [0.4, 0.5) is 17.6 Å². The normalized spacial score (nSPS) is 17.0. The molecule has 1 atom stereocenters. The number of fused-ring (bicyclic) bond motifs is 5. The van der Waals surface area contributed by atoms with E-state index in [2.05, 4.69) is 30.3 Å². The van der Waals surface area contributed by atoms with E-state index in [0.29, 0.717) is 18.9 Å². The second-order valence-corrected chi connectivity index (χ2v) is 8.03. The van der Waals surface area contributed by atoms with Gasteiger partial charge in [-0.1, -0.05) is 48.6 Å². The van der Waals surface area contributed by atoms with E-state index < -0.39 is 29.3 Å². The number of rotatable bonds is 2. The Morgan fingerprint density at radius 1 is 0.903 bits per heavy atom. The number of alkyl halides is 3. The average molecular weight is 422 g/mol. The second kappa shape index (κ2) is 7.19. The van der Waals surface area contributed by atoms with Gasteiger partial charge in [0.2, 0.25) is 0 Å². The molecule has 1 nitrogen and oxygen atoms in total. The summed E-state index contributed by atoms with van der Waals surface area (Å²) < 4.78 is 52.9. The molecule has 0 saturated carbocycles. The standard InChI is InChI=1S/C26H18F4O/c27-24-14-18(26(28,29)30)9-12-22(24)25(31)17-6-5-16-8-10-20-19-4-2-1-3-15(19)7-11-21(20)23(16)13-17/h1-4,8-14,17H,5-7H2. The Morgan fingerprint density at radius 2 is 1.71 bits per heavy atom. The van der Waals surface area contributed by atoms with Gasteiger partial charge < -0.3 is 0 Å². The quantitative estimate of drug-likeness (QED) is 0.416. The molecule has 3 aromatic rings. The number of halogens is 4. The summed E-state index contributed by atoms with van der Waals surface area (Å²) in [6, 6.07) is 14.5. The average Bonchev–Trinajstić information content (AvgIpc) is 2.77. The van der Waals surface area contributed by atoms with E-state index in [4.69, 9.17) is 0 Å². The molecule has 156 valence electrons. The molecule has 0 fully saturated rings. The Balaban J connectivity index is 1.57. The van der Waals surface area contributed by atoms with Gasteiger partial charge in [0.25, 0.3) is 0 Å². The van der Waals surface area contributed by atoms with Gasteiger partial charge in [0.1, 0.15) is 5.82 Å². The summed E-state index contributed by atoms with van der Waals surface area (Å²) in [5.74, 6) is -2.18. The molecule has 3 aromatic carbocycles. The molecule has 2 aliphatic carbocycles. The van der Waals surface area contributed by atoms with E-state index >= 15 is 0 Å². The van der Waals surface area contributed by atoms with E-state index in [0.717, 1.165) is 40.1 Å². The number of Topliss-reactive ketones (excluding diaryl/α,β-unsaturated/α-hetero) is 1. The maximum absolute atomic E-state index is 14.4. The van der Waals surface area contributed by atoms with Crippen molar-refractivity contribution in [3.05, 3.63) is 93.1 Å². The summed E-state index contributed by atoms with van der Waals surface area (Å²) in [5.41, 5.74) is 3.25. The first-order valence-electron chi connectivity index (χ1n) is 10.2. The highest BCUT2D eigenvalue weighted by molar-refractivity contribution is 6.01. The van der Waals surface area contributed by atoms with Crippen LogP contribution >= 0.6 is 0 Å². The number of hydrogen-bond acceptors (Lipinski definition) is 1. The maximum Gasteiger partial charge on any atom is 0.416 e.